The summed E-state index contributed by atoms with van der Waals surface area (Å²) in [5.74, 6) is 1.18. The molecule has 2 rings (SSSR count). The molecule has 3 N–H and O–H groups in total. The van der Waals surface area contributed by atoms with E-state index in [0.29, 0.717) is 18.2 Å². The van der Waals surface area contributed by atoms with Gasteiger partial charge in [-0.2, -0.15) is 4.98 Å². The van der Waals surface area contributed by atoms with Crippen LogP contribution in [-0.4, -0.2) is 22.6 Å². The summed E-state index contributed by atoms with van der Waals surface area (Å²) < 4.78 is 5.52. The van der Waals surface area contributed by atoms with Crippen LogP contribution in [-0.2, 0) is 6.42 Å². The van der Waals surface area contributed by atoms with Gasteiger partial charge in [-0.25, -0.2) is 0 Å². The zero-order chi connectivity index (χ0) is 14.4. The van der Waals surface area contributed by atoms with Gasteiger partial charge in [-0.1, -0.05) is 12.1 Å². The fourth-order valence-electron chi connectivity index (χ4n) is 1.78. The van der Waals surface area contributed by atoms with Gasteiger partial charge in [0.1, 0.15) is 0 Å². The molecule has 1 heterocycles. The van der Waals surface area contributed by atoms with Gasteiger partial charge in [0.15, 0.2) is 5.82 Å². The molecule has 5 heteroatoms. The summed E-state index contributed by atoms with van der Waals surface area (Å²) in [4.78, 5) is 8.47. The number of benzene rings is 1. The molecule has 0 amide bonds. The first-order chi connectivity index (χ1) is 9.67. The van der Waals surface area contributed by atoms with Crippen LogP contribution in [0.3, 0.4) is 0 Å². The summed E-state index contributed by atoms with van der Waals surface area (Å²) in [6, 6.07) is 8.11. The second-order valence-corrected chi connectivity index (χ2v) is 4.77. The van der Waals surface area contributed by atoms with Gasteiger partial charge in [0.05, 0.1) is 18.5 Å². The van der Waals surface area contributed by atoms with Gasteiger partial charge in [0.25, 0.3) is 0 Å². The highest BCUT2D eigenvalue weighted by molar-refractivity contribution is 5.55. The third-order valence-electron chi connectivity index (χ3n) is 2.63. The average Bonchev–Trinajstić information content (AvgIpc) is 2.41. The van der Waals surface area contributed by atoms with Crippen LogP contribution >= 0.6 is 0 Å². The number of nitrogens with two attached hydrogens (primary N) is 1. The Balaban J connectivity index is 2.05. The van der Waals surface area contributed by atoms with E-state index in [4.69, 9.17) is 10.5 Å². The molecule has 0 aliphatic rings. The van der Waals surface area contributed by atoms with E-state index in [1.807, 2.05) is 26.0 Å². The number of rotatable bonds is 6. The van der Waals surface area contributed by atoms with Crippen molar-refractivity contribution in [1.29, 1.82) is 0 Å². The maximum Gasteiger partial charge on any atom is 0.234 e. The van der Waals surface area contributed by atoms with Crippen molar-refractivity contribution < 1.29 is 4.74 Å². The molecule has 1 aromatic heterocycles. The molecule has 0 bridgehead atoms. The maximum atomic E-state index is 5.53. The molecule has 0 unspecified atom stereocenters. The molecule has 0 atom stereocenters. The van der Waals surface area contributed by atoms with Crippen molar-refractivity contribution in [3.63, 3.8) is 0 Å². The largest absolute Gasteiger partial charge is 0.474 e. The minimum Gasteiger partial charge on any atom is -0.474 e. The van der Waals surface area contributed by atoms with Crippen molar-refractivity contribution >= 4 is 11.5 Å². The predicted molar refractivity (Wildman–Crippen MR) is 80.3 cm³/mol. The lowest BCUT2D eigenvalue weighted by Gasteiger charge is -2.10. The molecule has 0 fully saturated rings. The van der Waals surface area contributed by atoms with Crippen molar-refractivity contribution in [1.82, 2.24) is 9.97 Å². The molecule has 106 valence electrons. The van der Waals surface area contributed by atoms with E-state index in [9.17, 15) is 0 Å². The van der Waals surface area contributed by atoms with E-state index in [-0.39, 0.29) is 6.10 Å². The van der Waals surface area contributed by atoms with Gasteiger partial charge < -0.3 is 15.8 Å². The van der Waals surface area contributed by atoms with Crippen LogP contribution in [0.15, 0.2) is 36.7 Å². The Morgan fingerprint density at radius 3 is 2.60 bits per heavy atom. The SMILES string of the molecule is CC(C)Oc1cncc(Nc2ccc(CCN)cc2)n1. The van der Waals surface area contributed by atoms with Crippen LogP contribution in [0.25, 0.3) is 0 Å². The van der Waals surface area contributed by atoms with E-state index < -0.39 is 0 Å². The third-order valence-corrected chi connectivity index (χ3v) is 2.63. The molecule has 5 nitrogen and oxygen atoms in total. The van der Waals surface area contributed by atoms with Crippen molar-refractivity contribution in [3.8, 4) is 5.88 Å². The highest BCUT2D eigenvalue weighted by Gasteiger charge is 2.02. The Morgan fingerprint density at radius 2 is 1.95 bits per heavy atom. The van der Waals surface area contributed by atoms with E-state index in [1.165, 1.54) is 5.56 Å². The van der Waals surface area contributed by atoms with Crippen LogP contribution in [0, 0.1) is 0 Å². The molecular weight excluding hydrogens is 252 g/mol. The third kappa shape index (κ3) is 4.20. The van der Waals surface area contributed by atoms with Crippen molar-refractivity contribution in [2.75, 3.05) is 11.9 Å². The number of hydrogen-bond acceptors (Lipinski definition) is 5. The molecule has 1 aromatic carbocycles. The zero-order valence-electron chi connectivity index (χ0n) is 11.8. The van der Waals surface area contributed by atoms with Crippen molar-refractivity contribution in [3.05, 3.63) is 42.2 Å². The Labute approximate surface area is 119 Å². The van der Waals surface area contributed by atoms with Gasteiger partial charge in [-0.05, 0) is 44.5 Å². The Morgan fingerprint density at radius 1 is 1.20 bits per heavy atom. The van der Waals surface area contributed by atoms with Gasteiger partial charge in [0, 0.05) is 5.69 Å². The van der Waals surface area contributed by atoms with E-state index in [0.717, 1.165) is 12.1 Å². The number of aromatic nitrogens is 2. The van der Waals surface area contributed by atoms with Crippen LogP contribution in [0.1, 0.15) is 19.4 Å². The lowest BCUT2D eigenvalue weighted by Crippen LogP contribution is -2.08. The van der Waals surface area contributed by atoms with E-state index >= 15 is 0 Å². The molecule has 0 saturated carbocycles. The number of hydrogen-bond donors (Lipinski definition) is 2. The molecule has 0 aliphatic heterocycles. The van der Waals surface area contributed by atoms with Crippen LogP contribution in [0.5, 0.6) is 5.88 Å². The summed E-state index contributed by atoms with van der Waals surface area (Å²) in [5.41, 5.74) is 7.71. The molecule has 2 aromatic rings. The summed E-state index contributed by atoms with van der Waals surface area (Å²) in [6.45, 7) is 4.57. The van der Waals surface area contributed by atoms with E-state index in [2.05, 4.69) is 27.4 Å². The first-order valence-corrected chi connectivity index (χ1v) is 6.72. The number of ether oxygens (including phenoxy) is 1. The van der Waals surface area contributed by atoms with Gasteiger partial charge in [0.2, 0.25) is 5.88 Å². The molecule has 0 aliphatic carbocycles. The second kappa shape index (κ2) is 6.86. The second-order valence-electron chi connectivity index (χ2n) is 4.77. The zero-order valence-corrected chi connectivity index (χ0v) is 11.8. The predicted octanol–water partition coefficient (Wildman–Crippen LogP) is 2.51. The summed E-state index contributed by atoms with van der Waals surface area (Å²) in [5, 5.41) is 3.20. The topological polar surface area (TPSA) is 73.1 Å². The lowest BCUT2D eigenvalue weighted by molar-refractivity contribution is 0.232. The normalized spacial score (nSPS) is 10.6. The molecule has 0 radical (unpaired) electrons. The minimum absolute atomic E-state index is 0.0788. The Kier molecular flexibility index (Phi) is 4.90. The van der Waals surface area contributed by atoms with Gasteiger partial charge >= 0.3 is 0 Å². The summed E-state index contributed by atoms with van der Waals surface area (Å²) >= 11 is 0. The lowest BCUT2D eigenvalue weighted by atomic mass is 10.1. The molecule has 0 spiro atoms. The monoisotopic (exact) mass is 272 g/mol. The first kappa shape index (κ1) is 14.3. The summed E-state index contributed by atoms with van der Waals surface area (Å²) in [7, 11) is 0. The Hall–Kier alpha value is -2.14. The molecule has 0 saturated heterocycles. The fourth-order valence-corrected chi connectivity index (χ4v) is 1.78. The smallest absolute Gasteiger partial charge is 0.234 e. The maximum absolute atomic E-state index is 5.53. The fraction of sp³-hybridized carbons (Fsp3) is 0.333. The number of anilines is 2. The highest BCUT2D eigenvalue weighted by Crippen LogP contribution is 2.17. The number of nitrogens with zero attached hydrogens (tertiary/aromatic N) is 2. The highest BCUT2D eigenvalue weighted by atomic mass is 16.5. The van der Waals surface area contributed by atoms with Crippen LogP contribution in [0.2, 0.25) is 0 Å². The standard InChI is InChI=1S/C15H20N4O/c1-11(2)20-15-10-17-9-14(19-15)18-13-5-3-12(4-6-13)7-8-16/h3-6,9-11H,7-8,16H2,1-2H3,(H,18,19). The Bertz CT molecular complexity index is 540. The van der Waals surface area contributed by atoms with Gasteiger partial charge in [-0.15, -0.1) is 0 Å². The van der Waals surface area contributed by atoms with Crippen molar-refractivity contribution in [2.24, 2.45) is 5.73 Å². The van der Waals surface area contributed by atoms with Gasteiger partial charge in [-0.3, -0.25) is 4.98 Å². The first-order valence-electron chi connectivity index (χ1n) is 6.72. The van der Waals surface area contributed by atoms with Crippen LogP contribution < -0.4 is 15.8 Å². The molecular formula is C15H20N4O. The van der Waals surface area contributed by atoms with E-state index in [1.54, 1.807) is 12.4 Å². The van der Waals surface area contributed by atoms with Crippen LogP contribution in [0.4, 0.5) is 11.5 Å². The average molecular weight is 272 g/mol. The molecule has 20 heavy (non-hydrogen) atoms. The quantitative estimate of drug-likeness (QED) is 0.845. The van der Waals surface area contributed by atoms with Crippen molar-refractivity contribution in [2.45, 2.75) is 26.4 Å². The summed E-state index contributed by atoms with van der Waals surface area (Å²) in [6.07, 6.45) is 4.24. The number of nitrogens with one attached hydrogen (secondary N) is 1. The minimum atomic E-state index is 0.0788.